The van der Waals surface area contributed by atoms with Crippen molar-refractivity contribution in [1.82, 2.24) is 4.90 Å². The van der Waals surface area contributed by atoms with Crippen LogP contribution in [0.25, 0.3) is 0 Å². The van der Waals surface area contributed by atoms with Crippen molar-refractivity contribution in [1.29, 1.82) is 0 Å². The van der Waals surface area contributed by atoms with Gasteiger partial charge in [0.05, 0.1) is 12.0 Å². The number of benzene rings is 1. The summed E-state index contributed by atoms with van der Waals surface area (Å²) in [4.78, 5) is 26.2. The molecule has 2 saturated heterocycles. The molecule has 0 saturated carbocycles. The minimum Gasteiger partial charge on any atom is -0.482 e. The average Bonchev–Trinajstić information content (AvgIpc) is 3.17. The fourth-order valence-electron chi connectivity index (χ4n) is 4.36. The predicted octanol–water partition coefficient (Wildman–Crippen LogP) is 1.94. The maximum absolute atomic E-state index is 13.0. The lowest BCUT2D eigenvalue weighted by molar-refractivity contribution is -0.149. The third kappa shape index (κ3) is 3.48. The fourth-order valence-corrected chi connectivity index (χ4v) is 4.36. The molecule has 3 aliphatic heterocycles. The van der Waals surface area contributed by atoms with Crippen LogP contribution >= 0.6 is 0 Å². The number of carboxylic acids is 1. The van der Waals surface area contributed by atoms with E-state index in [-0.39, 0.29) is 24.0 Å². The minimum atomic E-state index is -0.781. The Morgan fingerprint density at radius 2 is 1.74 bits per heavy atom. The van der Waals surface area contributed by atoms with Gasteiger partial charge in [0.1, 0.15) is 6.10 Å². The highest BCUT2D eigenvalue weighted by molar-refractivity contribution is 5.82. The second-order valence-electron chi connectivity index (χ2n) is 7.54. The van der Waals surface area contributed by atoms with Crippen molar-refractivity contribution in [2.45, 2.75) is 44.5 Å². The van der Waals surface area contributed by atoms with Crippen LogP contribution in [0, 0.1) is 11.8 Å². The van der Waals surface area contributed by atoms with E-state index in [1.165, 1.54) is 0 Å². The Balaban J connectivity index is 1.37. The molecule has 1 aromatic rings. The van der Waals surface area contributed by atoms with Crippen LogP contribution in [0.2, 0.25) is 0 Å². The lowest BCUT2D eigenvalue weighted by Gasteiger charge is -2.39. The average molecular weight is 375 g/mol. The highest BCUT2D eigenvalue weighted by Crippen LogP contribution is 2.36. The number of likely N-dealkylation sites (tertiary alicyclic amines) is 1. The summed E-state index contributed by atoms with van der Waals surface area (Å²) in [6, 6.07) is 7.36. The standard InChI is InChI=1S/C20H25NO6/c1-12-17(27-16-5-3-2-4-15(16)26-12)19(22)21-9-6-13(7-10-21)18-14(20(23)24)8-11-25-18/h2-5,12-14,17-18H,6-11H2,1H3,(H,23,24)/t12?,14?,17?,18-/m0/s1. The van der Waals surface area contributed by atoms with E-state index in [9.17, 15) is 14.7 Å². The third-order valence-corrected chi connectivity index (χ3v) is 5.85. The first-order valence-corrected chi connectivity index (χ1v) is 9.60. The number of carbonyl (C=O) groups excluding carboxylic acids is 1. The van der Waals surface area contributed by atoms with E-state index in [0.29, 0.717) is 37.6 Å². The lowest BCUT2D eigenvalue weighted by atomic mass is 9.84. The molecule has 4 atom stereocenters. The molecule has 2 fully saturated rings. The molecule has 7 nitrogen and oxygen atoms in total. The van der Waals surface area contributed by atoms with E-state index in [1.807, 2.05) is 25.1 Å². The Kier molecular flexibility index (Phi) is 4.95. The first-order chi connectivity index (χ1) is 13.0. The molecule has 0 aromatic heterocycles. The van der Waals surface area contributed by atoms with Crippen LogP contribution in [-0.4, -0.2) is 59.9 Å². The van der Waals surface area contributed by atoms with Gasteiger partial charge in [-0.25, -0.2) is 0 Å². The Hall–Kier alpha value is -2.28. The molecule has 0 bridgehead atoms. The predicted molar refractivity (Wildman–Crippen MR) is 95.7 cm³/mol. The summed E-state index contributed by atoms with van der Waals surface area (Å²) < 4.78 is 17.5. The Labute approximate surface area is 158 Å². The van der Waals surface area contributed by atoms with Crippen molar-refractivity contribution in [3.8, 4) is 11.5 Å². The number of amides is 1. The first-order valence-electron chi connectivity index (χ1n) is 9.60. The topological polar surface area (TPSA) is 85.3 Å². The maximum atomic E-state index is 13.0. The Morgan fingerprint density at radius 3 is 2.41 bits per heavy atom. The van der Waals surface area contributed by atoms with Gasteiger partial charge < -0.3 is 24.2 Å². The zero-order chi connectivity index (χ0) is 19.0. The second kappa shape index (κ2) is 7.38. The quantitative estimate of drug-likeness (QED) is 0.869. The van der Waals surface area contributed by atoms with Crippen LogP contribution in [0.4, 0.5) is 0 Å². The molecule has 1 amide bonds. The fraction of sp³-hybridized carbons (Fsp3) is 0.600. The zero-order valence-corrected chi connectivity index (χ0v) is 15.4. The molecule has 1 aromatic carbocycles. The third-order valence-electron chi connectivity index (χ3n) is 5.85. The molecule has 0 spiro atoms. The summed E-state index contributed by atoms with van der Waals surface area (Å²) in [5.74, 6) is 0.148. The molecular formula is C20H25NO6. The molecular weight excluding hydrogens is 350 g/mol. The normalized spacial score (nSPS) is 30.9. The highest BCUT2D eigenvalue weighted by atomic mass is 16.6. The summed E-state index contributed by atoms with van der Waals surface area (Å²) >= 11 is 0. The molecule has 3 unspecified atom stereocenters. The number of carbonyl (C=O) groups is 2. The van der Waals surface area contributed by atoms with Crippen molar-refractivity contribution in [3.63, 3.8) is 0 Å². The van der Waals surface area contributed by atoms with E-state index in [1.54, 1.807) is 11.0 Å². The summed E-state index contributed by atoms with van der Waals surface area (Å²) in [6.45, 7) is 3.52. The van der Waals surface area contributed by atoms with E-state index in [2.05, 4.69) is 0 Å². The molecule has 146 valence electrons. The number of para-hydroxylation sites is 2. The SMILES string of the molecule is CC1Oc2ccccc2OC1C(=O)N1CCC([C@@H]2OCCC2C(=O)O)CC1. The van der Waals surface area contributed by atoms with Gasteiger partial charge in [-0.05, 0) is 44.2 Å². The number of fused-ring (bicyclic) bond motifs is 1. The monoisotopic (exact) mass is 375 g/mol. The number of ether oxygens (including phenoxy) is 3. The molecule has 27 heavy (non-hydrogen) atoms. The summed E-state index contributed by atoms with van der Waals surface area (Å²) in [7, 11) is 0. The van der Waals surface area contributed by atoms with Crippen LogP contribution in [0.1, 0.15) is 26.2 Å². The van der Waals surface area contributed by atoms with Crippen molar-refractivity contribution < 1.29 is 28.9 Å². The largest absolute Gasteiger partial charge is 0.482 e. The van der Waals surface area contributed by atoms with Crippen molar-refractivity contribution in [2.75, 3.05) is 19.7 Å². The van der Waals surface area contributed by atoms with Gasteiger partial charge in [-0.3, -0.25) is 9.59 Å². The molecule has 3 aliphatic rings. The van der Waals surface area contributed by atoms with Gasteiger partial charge in [-0.1, -0.05) is 12.1 Å². The summed E-state index contributed by atoms with van der Waals surface area (Å²) in [5, 5.41) is 9.36. The van der Waals surface area contributed by atoms with Crippen molar-refractivity contribution in [3.05, 3.63) is 24.3 Å². The van der Waals surface area contributed by atoms with Crippen LogP contribution < -0.4 is 9.47 Å². The van der Waals surface area contributed by atoms with Gasteiger partial charge in [0.15, 0.2) is 11.5 Å². The first kappa shape index (κ1) is 18.1. The summed E-state index contributed by atoms with van der Waals surface area (Å²) in [6.07, 6.45) is 0.811. The number of hydrogen-bond donors (Lipinski definition) is 1. The highest BCUT2D eigenvalue weighted by Gasteiger charge is 2.42. The van der Waals surface area contributed by atoms with Gasteiger partial charge in [0.2, 0.25) is 6.10 Å². The van der Waals surface area contributed by atoms with Crippen LogP contribution in [0.5, 0.6) is 11.5 Å². The number of piperidine rings is 1. The van der Waals surface area contributed by atoms with E-state index < -0.39 is 18.0 Å². The van der Waals surface area contributed by atoms with Crippen molar-refractivity contribution >= 4 is 11.9 Å². The maximum Gasteiger partial charge on any atom is 0.309 e. The lowest BCUT2D eigenvalue weighted by Crippen LogP contribution is -2.53. The number of nitrogens with zero attached hydrogens (tertiary/aromatic N) is 1. The minimum absolute atomic E-state index is 0.0717. The van der Waals surface area contributed by atoms with Crippen LogP contribution in [-0.2, 0) is 14.3 Å². The summed E-state index contributed by atoms with van der Waals surface area (Å²) in [5.41, 5.74) is 0. The molecule has 0 radical (unpaired) electrons. The van der Waals surface area contributed by atoms with Gasteiger partial charge in [0, 0.05) is 19.7 Å². The zero-order valence-electron chi connectivity index (χ0n) is 15.4. The number of aliphatic carboxylic acids is 1. The van der Waals surface area contributed by atoms with Crippen molar-refractivity contribution in [2.24, 2.45) is 11.8 Å². The van der Waals surface area contributed by atoms with Gasteiger partial charge in [-0.2, -0.15) is 0 Å². The molecule has 1 N–H and O–H groups in total. The molecule has 0 aliphatic carbocycles. The number of rotatable bonds is 3. The Bertz CT molecular complexity index is 714. The van der Waals surface area contributed by atoms with E-state index >= 15 is 0 Å². The number of hydrogen-bond acceptors (Lipinski definition) is 5. The second-order valence-corrected chi connectivity index (χ2v) is 7.54. The molecule has 4 rings (SSSR count). The Morgan fingerprint density at radius 1 is 1.07 bits per heavy atom. The number of carboxylic acid groups (broad SMARTS) is 1. The van der Waals surface area contributed by atoms with Gasteiger partial charge in [-0.15, -0.1) is 0 Å². The van der Waals surface area contributed by atoms with Gasteiger partial charge >= 0.3 is 5.97 Å². The molecule has 7 heteroatoms. The van der Waals surface area contributed by atoms with Crippen LogP contribution in [0.3, 0.4) is 0 Å². The smallest absolute Gasteiger partial charge is 0.309 e. The van der Waals surface area contributed by atoms with E-state index in [0.717, 1.165) is 12.8 Å². The van der Waals surface area contributed by atoms with Gasteiger partial charge in [0.25, 0.3) is 5.91 Å². The molecule has 3 heterocycles. The van der Waals surface area contributed by atoms with E-state index in [4.69, 9.17) is 14.2 Å². The van der Waals surface area contributed by atoms with Crippen LogP contribution in [0.15, 0.2) is 24.3 Å².